The van der Waals surface area contributed by atoms with E-state index >= 15 is 0 Å². The van der Waals surface area contributed by atoms with Gasteiger partial charge in [-0.15, -0.1) is 0 Å². The number of aromatic nitrogens is 2. The van der Waals surface area contributed by atoms with Gasteiger partial charge in [0.05, 0.1) is 22.3 Å². The van der Waals surface area contributed by atoms with Crippen LogP contribution in [0.2, 0.25) is 0 Å². The van der Waals surface area contributed by atoms with Crippen LogP contribution in [0.15, 0.2) is 35.0 Å². The van der Waals surface area contributed by atoms with Crippen LogP contribution in [0.3, 0.4) is 0 Å². The number of carbonyl (C=O) groups is 2. The number of benzene rings is 1. The molecule has 1 aliphatic heterocycles. The van der Waals surface area contributed by atoms with E-state index in [4.69, 9.17) is 9.26 Å². The van der Waals surface area contributed by atoms with E-state index in [1.165, 1.54) is 6.20 Å². The standard InChI is InChI=1S/C24H28N4O4/c1-14(2)20-18-11-16(13-25-22(18)32-27-20)21(29)26-17-9-8-15-7-6-10-28(19(15)12-17)23(30)31-24(3,4)5/h8-9,11-14H,6-7,10H2,1-5H3,(H,26,29). The lowest BCUT2D eigenvalue weighted by Crippen LogP contribution is -2.39. The molecule has 0 atom stereocenters. The van der Waals surface area contributed by atoms with E-state index in [0.29, 0.717) is 23.5 Å². The quantitative estimate of drug-likeness (QED) is 0.599. The second kappa shape index (κ2) is 8.26. The van der Waals surface area contributed by atoms with E-state index < -0.39 is 5.60 Å². The van der Waals surface area contributed by atoms with Crippen LogP contribution in [-0.4, -0.2) is 34.3 Å². The first-order valence-electron chi connectivity index (χ1n) is 10.8. The fourth-order valence-corrected chi connectivity index (χ4v) is 3.75. The highest BCUT2D eigenvalue weighted by Crippen LogP contribution is 2.32. The number of hydrogen-bond acceptors (Lipinski definition) is 6. The maximum atomic E-state index is 12.9. The summed E-state index contributed by atoms with van der Waals surface area (Å²) in [4.78, 5) is 31.5. The first kappa shape index (κ1) is 21.8. The lowest BCUT2D eigenvalue weighted by atomic mass is 10.0. The number of nitrogens with one attached hydrogen (secondary N) is 1. The van der Waals surface area contributed by atoms with Crippen molar-refractivity contribution in [3.8, 4) is 0 Å². The van der Waals surface area contributed by atoms with Gasteiger partial charge < -0.3 is 14.6 Å². The van der Waals surface area contributed by atoms with Gasteiger partial charge in [0, 0.05) is 18.4 Å². The molecule has 8 heteroatoms. The molecule has 1 aliphatic rings. The second-order valence-corrected chi connectivity index (χ2v) is 9.33. The Balaban J connectivity index is 1.58. The molecule has 3 aromatic rings. The molecule has 0 saturated heterocycles. The molecule has 8 nitrogen and oxygen atoms in total. The molecule has 0 saturated carbocycles. The molecule has 0 radical (unpaired) electrons. The molecule has 1 N–H and O–H groups in total. The fourth-order valence-electron chi connectivity index (χ4n) is 3.75. The van der Waals surface area contributed by atoms with Crippen LogP contribution in [0.5, 0.6) is 0 Å². The van der Waals surface area contributed by atoms with Crippen molar-refractivity contribution >= 4 is 34.5 Å². The number of pyridine rings is 1. The molecule has 3 heterocycles. The normalized spacial score (nSPS) is 13.9. The van der Waals surface area contributed by atoms with Crippen LogP contribution in [-0.2, 0) is 11.2 Å². The molecule has 2 aromatic heterocycles. The van der Waals surface area contributed by atoms with Crippen LogP contribution in [0.4, 0.5) is 16.2 Å². The molecule has 0 unspecified atom stereocenters. The predicted octanol–water partition coefficient (Wildman–Crippen LogP) is 5.29. The molecule has 168 valence electrons. The molecular formula is C24H28N4O4. The van der Waals surface area contributed by atoms with Crippen LogP contribution < -0.4 is 10.2 Å². The summed E-state index contributed by atoms with van der Waals surface area (Å²) in [5.41, 5.74) is 3.41. The summed E-state index contributed by atoms with van der Waals surface area (Å²) >= 11 is 0. The van der Waals surface area contributed by atoms with Gasteiger partial charge in [0.15, 0.2) is 0 Å². The third kappa shape index (κ3) is 4.44. The van der Waals surface area contributed by atoms with Gasteiger partial charge in [0.25, 0.3) is 11.6 Å². The minimum atomic E-state index is -0.580. The summed E-state index contributed by atoms with van der Waals surface area (Å²) in [6.45, 7) is 10.1. The van der Waals surface area contributed by atoms with Gasteiger partial charge in [-0.2, -0.15) is 0 Å². The molecular weight excluding hydrogens is 408 g/mol. The van der Waals surface area contributed by atoms with Crippen molar-refractivity contribution in [3.63, 3.8) is 0 Å². The topological polar surface area (TPSA) is 97.6 Å². The highest BCUT2D eigenvalue weighted by Gasteiger charge is 2.27. The van der Waals surface area contributed by atoms with Crippen molar-refractivity contribution in [2.24, 2.45) is 0 Å². The molecule has 2 amide bonds. The number of anilines is 2. The fraction of sp³-hybridized carbons (Fsp3) is 0.417. The number of aryl methyl sites for hydroxylation is 1. The number of amides is 2. The van der Waals surface area contributed by atoms with E-state index in [1.807, 2.05) is 52.8 Å². The number of nitrogens with zero attached hydrogens (tertiary/aromatic N) is 3. The zero-order valence-electron chi connectivity index (χ0n) is 19.1. The van der Waals surface area contributed by atoms with E-state index in [-0.39, 0.29) is 17.9 Å². The lowest BCUT2D eigenvalue weighted by Gasteiger charge is -2.32. The molecule has 4 rings (SSSR count). The van der Waals surface area contributed by atoms with Gasteiger partial charge in [-0.25, -0.2) is 9.78 Å². The lowest BCUT2D eigenvalue weighted by molar-refractivity contribution is 0.0577. The zero-order chi connectivity index (χ0) is 23.0. The summed E-state index contributed by atoms with van der Waals surface area (Å²) < 4.78 is 10.8. The number of ether oxygens (including phenoxy) is 1. The SMILES string of the molecule is CC(C)c1noc2ncc(C(=O)Nc3ccc4c(c3)N(C(=O)OC(C)(C)C)CCC4)cc12. The number of carbonyl (C=O) groups excluding carboxylic acids is 2. The number of hydrogen-bond donors (Lipinski definition) is 1. The summed E-state index contributed by atoms with van der Waals surface area (Å²) in [6, 6.07) is 7.36. The Morgan fingerprint density at radius 3 is 2.72 bits per heavy atom. The minimum absolute atomic E-state index is 0.149. The molecule has 32 heavy (non-hydrogen) atoms. The third-order valence-corrected chi connectivity index (χ3v) is 5.24. The Kier molecular flexibility index (Phi) is 5.62. The first-order valence-corrected chi connectivity index (χ1v) is 10.8. The predicted molar refractivity (Wildman–Crippen MR) is 122 cm³/mol. The van der Waals surface area contributed by atoms with E-state index in [0.717, 1.165) is 35.2 Å². The van der Waals surface area contributed by atoms with Gasteiger partial charge in [0.2, 0.25) is 0 Å². The first-order chi connectivity index (χ1) is 15.1. The monoisotopic (exact) mass is 436 g/mol. The van der Waals surface area contributed by atoms with Gasteiger partial charge in [-0.1, -0.05) is 25.1 Å². The van der Waals surface area contributed by atoms with Crippen molar-refractivity contribution in [1.82, 2.24) is 10.1 Å². The average Bonchev–Trinajstić information content (AvgIpc) is 3.15. The number of fused-ring (bicyclic) bond motifs is 2. The van der Waals surface area contributed by atoms with E-state index in [1.54, 1.807) is 11.0 Å². The molecule has 0 spiro atoms. The summed E-state index contributed by atoms with van der Waals surface area (Å²) in [7, 11) is 0. The average molecular weight is 437 g/mol. The molecule has 0 bridgehead atoms. The van der Waals surface area contributed by atoms with Gasteiger partial charge >= 0.3 is 6.09 Å². The van der Waals surface area contributed by atoms with Gasteiger partial charge in [-0.05, 0) is 63.3 Å². The minimum Gasteiger partial charge on any atom is -0.443 e. The van der Waals surface area contributed by atoms with Crippen molar-refractivity contribution in [3.05, 3.63) is 47.3 Å². The second-order valence-electron chi connectivity index (χ2n) is 9.33. The van der Waals surface area contributed by atoms with Gasteiger partial charge in [0.1, 0.15) is 5.60 Å². The highest BCUT2D eigenvalue weighted by molar-refractivity contribution is 6.06. The molecule has 1 aromatic carbocycles. The third-order valence-electron chi connectivity index (χ3n) is 5.24. The van der Waals surface area contributed by atoms with Crippen molar-refractivity contribution in [2.45, 2.75) is 59.0 Å². The van der Waals surface area contributed by atoms with E-state index in [9.17, 15) is 9.59 Å². The summed E-state index contributed by atoms with van der Waals surface area (Å²) in [6.07, 6.45) is 2.82. The Morgan fingerprint density at radius 1 is 1.22 bits per heavy atom. The van der Waals surface area contributed by atoms with Crippen LogP contribution in [0, 0.1) is 0 Å². The van der Waals surface area contributed by atoms with Gasteiger partial charge in [-0.3, -0.25) is 9.69 Å². The van der Waals surface area contributed by atoms with Crippen molar-refractivity contribution in [1.29, 1.82) is 0 Å². The van der Waals surface area contributed by atoms with Crippen LogP contribution in [0.25, 0.3) is 11.1 Å². The highest BCUT2D eigenvalue weighted by atomic mass is 16.6. The Bertz CT molecular complexity index is 1180. The maximum absolute atomic E-state index is 12.9. The summed E-state index contributed by atoms with van der Waals surface area (Å²) in [5, 5.41) is 7.70. The van der Waals surface area contributed by atoms with Crippen molar-refractivity contribution in [2.75, 3.05) is 16.8 Å². The largest absolute Gasteiger partial charge is 0.443 e. The van der Waals surface area contributed by atoms with Crippen molar-refractivity contribution < 1.29 is 18.8 Å². The number of rotatable bonds is 3. The Labute approximate surface area is 186 Å². The smallest absolute Gasteiger partial charge is 0.414 e. The molecule has 0 fully saturated rings. The summed E-state index contributed by atoms with van der Waals surface area (Å²) in [5.74, 6) is -0.147. The maximum Gasteiger partial charge on any atom is 0.414 e. The van der Waals surface area contributed by atoms with Crippen LogP contribution >= 0.6 is 0 Å². The molecule has 0 aliphatic carbocycles. The van der Waals surface area contributed by atoms with Crippen LogP contribution in [0.1, 0.15) is 68.6 Å². The van der Waals surface area contributed by atoms with E-state index in [2.05, 4.69) is 15.5 Å². The zero-order valence-corrected chi connectivity index (χ0v) is 19.1. The Hall–Kier alpha value is -3.42. The Morgan fingerprint density at radius 2 is 2.00 bits per heavy atom.